The maximum absolute atomic E-state index is 11.0. The Bertz CT molecular complexity index is 284. The third kappa shape index (κ3) is 5.97. The lowest BCUT2D eigenvalue weighted by molar-refractivity contribution is 0.100. The van der Waals surface area contributed by atoms with Crippen molar-refractivity contribution in [3.8, 4) is 0 Å². The summed E-state index contributed by atoms with van der Waals surface area (Å²) in [6.45, 7) is 0.590. The topological polar surface area (TPSA) is 89.9 Å². The Kier molecular flexibility index (Phi) is 7.45. The Labute approximate surface area is 101 Å². The van der Waals surface area contributed by atoms with Crippen LogP contribution in [0.4, 0.5) is 0 Å². The van der Waals surface area contributed by atoms with Crippen LogP contribution in [-0.4, -0.2) is 55.1 Å². The van der Waals surface area contributed by atoms with Gasteiger partial charge >= 0.3 is 0 Å². The molecule has 0 aliphatic heterocycles. The molecular formula is C8H19ClN2O4S. The normalized spacial score (nSPS) is 16.4. The van der Waals surface area contributed by atoms with Gasteiger partial charge in [0, 0.05) is 6.54 Å². The van der Waals surface area contributed by atoms with E-state index in [-0.39, 0.29) is 0 Å². The van der Waals surface area contributed by atoms with Crippen LogP contribution in [0.5, 0.6) is 0 Å². The minimum Gasteiger partial charge on any atom is -0.390 e. The van der Waals surface area contributed by atoms with Crippen molar-refractivity contribution in [1.29, 1.82) is 0 Å². The first-order valence-electron chi connectivity index (χ1n) is 4.95. The zero-order chi connectivity index (χ0) is 12.8. The Morgan fingerprint density at radius 3 is 2.31 bits per heavy atom. The summed E-state index contributed by atoms with van der Waals surface area (Å²) in [5.41, 5.74) is 0. The molecule has 6 nitrogen and oxygen atoms in total. The molecule has 0 spiro atoms. The number of halogens is 1. The number of hydrogen-bond acceptors (Lipinski definition) is 5. The highest BCUT2D eigenvalue weighted by atomic mass is 35.5. The lowest BCUT2D eigenvalue weighted by atomic mass is 10.1. The third-order valence-electron chi connectivity index (χ3n) is 2.16. The van der Waals surface area contributed by atoms with Gasteiger partial charge in [0.2, 0.25) is 0 Å². The molecule has 0 aromatic carbocycles. The van der Waals surface area contributed by atoms with Gasteiger partial charge in [-0.2, -0.15) is 8.42 Å². The van der Waals surface area contributed by atoms with E-state index in [1.807, 2.05) is 0 Å². The van der Waals surface area contributed by atoms with Gasteiger partial charge in [0.05, 0.1) is 6.10 Å². The van der Waals surface area contributed by atoms with Crippen LogP contribution in [0.25, 0.3) is 0 Å². The molecule has 0 bridgehead atoms. The van der Waals surface area contributed by atoms with Gasteiger partial charge in [0.15, 0.2) is 5.37 Å². The van der Waals surface area contributed by atoms with Gasteiger partial charge < -0.3 is 5.11 Å². The highest BCUT2D eigenvalue weighted by molar-refractivity contribution is 7.86. The van der Waals surface area contributed by atoms with Crippen molar-refractivity contribution in [2.24, 2.45) is 0 Å². The predicted octanol–water partition coefficient (Wildman–Crippen LogP) is 0.0365. The quantitative estimate of drug-likeness (QED) is 0.329. The van der Waals surface area contributed by atoms with Crippen molar-refractivity contribution >= 4 is 21.9 Å². The van der Waals surface area contributed by atoms with Crippen LogP contribution in [0.15, 0.2) is 0 Å². The van der Waals surface area contributed by atoms with Crippen molar-refractivity contribution in [1.82, 2.24) is 9.74 Å². The van der Waals surface area contributed by atoms with Gasteiger partial charge in [-0.3, -0.25) is 9.45 Å². The van der Waals surface area contributed by atoms with Crippen LogP contribution in [0.3, 0.4) is 0 Å². The summed E-state index contributed by atoms with van der Waals surface area (Å²) in [6, 6.07) is 0. The second kappa shape index (κ2) is 7.41. The first-order valence-corrected chi connectivity index (χ1v) is 6.83. The number of aliphatic hydroxyl groups is 1. The minimum atomic E-state index is -4.27. The fourth-order valence-electron chi connectivity index (χ4n) is 1.50. The van der Waals surface area contributed by atoms with Crippen LogP contribution < -0.4 is 4.84 Å². The summed E-state index contributed by atoms with van der Waals surface area (Å²) in [7, 11) is -1.30. The van der Waals surface area contributed by atoms with Crippen molar-refractivity contribution in [3.05, 3.63) is 0 Å². The van der Waals surface area contributed by atoms with Crippen LogP contribution in [0.2, 0.25) is 0 Å². The summed E-state index contributed by atoms with van der Waals surface area (Å²) in [6.07, 6.45) is 0.536. The van der Waals surface area contributed by atoms with Gasteiger partial charge in [0.25, 0.3) is 10.1 Å². The van der Waals surface area contributed by atoms with Crippen molar-refractivity contribution in [2.45, 2.75) is 30.7 Å². The Hall–Kier alpha value is 0.0800. The molecule has 0 saturated heterocycles. The molecule has 0 heterocycles. The standard InChI is InChI=1S/C8H19ClN2O4S/c1-11(2)8(16(13,14)15)7(12)5-3-4-6-10-9/h7-8,10,12H,3-6H2,1-2H3,(H,13,14,15). The predicted molar refractivity (Wildman–Crippen MR) is 62.7 cm³/mol. The molecule has 3 N–H and O–H groups in total. The van der Waals surface area contributed by atoms with E-state index in [1.165, 1.54) is 19.0 Å². The molecule has 0 aromatic rings. The molecule has 0 aromatic heterocycles. The summed E-state index contributed by atoms with van der Waals surface area (Å²) in [5.74, 6) is 0. The van der Waals surface area contributed by atoms with E-state index < -0.39 is 21.6 Å². The van der Waals surface area contributed by atoms with E-state index in [9.17, 15) is 13.5 Å². The molecular weight excluding hydrogens is 256 g/mol. The van der Waals surface area contributed by atoms with E-state index in [2.05, 4.69) is 4.84 Å². The Morgan fingerprint density at radius 1 is 1.38 bits per heavy atom. The number of rotatable bonds is 8. The smallest absolute Gasteiger partial charge is 0.283 e. The maximum atomic E-state index is 11.0. The van der Waals surface area contributed by atoms with Gasteiger partial charge in [0.1, 0.15) is 0 Å². The van der Waals surface area contributed by atoms with Gasteiger partial charge in [-0.25, -0.2) is 4.84 Å². The van der Waals surface area contributed by atoms with Gasteiger partial charge in [-0.05, 0) is 45.1 Å². The molecule has 0 rings (SSSR count). The van der Waals surface area contributed by atoms with Crippen LogP contribution >= 0.6 is 11.8 Å². The zero-order valence-electron chi connectivity index (χ0n) is 9.43. The minimum absolute atomic E-state index is 0.293. The third-order valence-corrected chi connectivity index (χ3v) is 3.70. The fraction of sp³-hybridized carbons (Fsp3) is 1.00. The van der Waals surface area contributed by atoms with E-state index >= 15 is 0 Å². The van der Waals surface area contributed by atoms with Crippen LogP contribution in [0, 0.1) is 0 Å². The van der Waals surface area contributed by atoms with E-state index in [0.717, 1.165) is 6.42 Å². The lowest BCUT2D eigenvalue weighted by Crippen LogP contribution is -2.44. The monoisotopic (exact) mass is 274 g/mol. The highest BCUT2D eigenvalue weighted by Gasteiger charge is 2.32. The van der Waals surface area contributed by atoms with E-state index in [0.29, 0.717) is 19.4 Å². The highest BCUT2D eigenvalue weighted by Crippen LogP contribution is 2.13. The zero-order valence-corrected chi connectivity index (χ0v) is 11.0. The molecule has 0 saturated carbocycles. The van der Waals surface area contributed by atoms with E-state index in [4.69, 9.17) is 16.3 Å². The second-order valence-corrected chi connectivity index (χ2v) is 5.60. The number of aliphatic hydroxyl groups excluding tert-OH is 1. The molecule has 0 aliphatic rings. The van der Waals surface area contributed by atoms with Gasteiger partial charge in [-0.1, -0.05) is 0 Å². The first-order chi connectivity index (χ1) is 7.30. The fourth-order valence-corrected chi connectivity index (χ4v) is 2.70. The average Bonchev–Trinajstić information content (AvgIpc) is 2.09. The Morgan fingerprint density at radius 2 is 1.94 bits per heavy atom. The van der Waals surface area contributed by atoms with Crippen LogP contribution in [0.1, 0.15) is 19.3 Å². The van der Waals surface area contributed by atoms with Crippen molar-refractivity contribution in [3.63, 3.8) is 0 Å². The first kappa shape index (κ1) is 16.1. The SMILES string of the molecule is CN(C)C(C(O)CCCCNCl)S(=O)(=O)O. The molecule has 98 valence electrons. The molecule has 0 amide bonds. The van der Waals surface area contributed by atoms with Gasteiger partial charge in [-0.15, -0.1) is 0 Å². The molecule has 0 fully saturated rings. The van der Waals surface area contributed by atoms with Crippen LogP contribution in [-0.2, 0) is 10.1 Å². The molecule has 2 unspecified atom stereocenters. The molecule has 16 heavy (non-hydrogen) atoms. The molecule has 8 heteroatoms. The number of nitrogens with zero attached hydrogens (tertiary/aromatic N) is 1. The number of unbranched alkanes of at least 4 members (excludes halogenated alkanes) is 1. The number of nitrogens with one attached hydrogen (secondary N) is 1. The molecule has 0 aliphatic carbocycles. The summed E-state index contributed by atoms with van der Waals surface area (Å²) in [4.78, 5) is 3.71. The van der Waals surface area contributed by atoms with E-state index in [1.54, 1.807) is 0 Å². The average molecular weight is 275 g/mol. The number of hydrogen-bond donors (Lipinski definition) is 3. The Balaban J connectivity index is 4.25. The molecule has 0 radical (unpaired) electrons. The van der Waals surface area contributed by atoms with Crippen molar-refractivity contribution < 1.29 is 18.1 Å². The maximum Gasteiger partial charge on any atom is 0.283 e. The summed E-state index contributed by atoms with van der Waals surface area (Å²) in [5, 5.41) is 8.40. The summed E-state index contributed by atoms with van der Waals surface area (Å²) >= 11 is 5.25. The van der Waals surface area contributed by atoms with Crippen molar-refractivity contribution in [2.75, 3.05) is 20.6 Å². The second-order valence-electron chi connectivity index (χ2n) is 3.82. The molecule has 2 atom stereocenters. The summed E-state index contributed by atoms with van der Waals surface area (Å²) < 4.78 is 31.0. The largest absolute Gasteiger partial charge is 0.390 e. The lowest BCUT2D eigenvalue weighted by Gasteiger charge is -2.26. The number of likely N-dealkylation sites (N-methyl/N-ethyl adjacent to an activating group) is 1.